The van der Waals surface area contributed by atoms with Crippen LogP contribution in [0.3, 0.4) is 0 Å². The largest absolute Gasteiger partial charge is 0.457 e. The van der Waals surface area contributed by atoms with Crippen LogP contribution in [0.4, 0.5) is 13.2 Å². The number of pyridine rings is 1. The summed E-state index contributed by atoms with van der Waals surface area (Å²) in [6.45, 7) is 3.21. The van der Waals surface area contributed by atoms with Crippen LogP contribution in [0.1, 0.15) is 39.7 Å². The average molecular weight is 373 g/mol. The van der Waals surface area contributed by atoms with Crippen molar-refractivity contribution in [2.75, 3.05) is 0 Å². The van der Waals surface area contributed by atoms with Crippen LogP contribution in [-0.4, -0.2) is 11.0 Å². The molecular weight excluding hydrogens is 355 g/mol. The summed E-state index contributed by atoms with van der Waals surface area (Å²) in [4.78, 5) is 17.2. The first-order valence-electron chi connectivity index (χ1n) is 8.53. The second-order valence-electron chi connectivity index (χ2n) is 6.16. The Balaban J connectivity index is 1.93. The van der Waals surface area contributed by atoms with Crippen molar-refractivity contribution < 1.29 is 22.7 Å². The Hall–Kier alpha value is -2.89. The number of para-hydroxylation sites is 1. The minimum absolute atomic E-state index is 0.0807. The van der Waals surface area contributed by atoms with Crippen LogP contribution < -0.4 is 0 Å². The van der Waals surface area contributed by atoms with E-state index in [0.717, 1.165) is 17.0 Å². The summed E-state index contributed by atoms with van der Waals surface area (Å²) < 4.78 is 44.6. The molecule has 0 N–H and O–H groups in total. The summed E-state index contributed by atoms with van der Waals surface area (Å²) in [5.41, 5.74) is 1.49. The van der Waals surface area contributed by atoms with Crippen LogP contribution in [0.5, 0.6) is 0 Å². The Labute approximate surface area is 154 Å². The molecule has 0 atom stereocenters. The van der Waals surface area contributed by atoms with Crippen molar-refractivity contribution in [3.8, 4) is 0 Å². The highest BCUT2D eigenvalue weighted by Crippen LogP contribution is 2.32. The summed E-state index contributed by atoms with van der Waals surface area (Å²) >= 11 is 0. The molecule has 140 valence electrons. The Morgan fingerprint density at radius 2 is 1.74 bits per heavy atom. The van der Waals surface area contributed by atoms with Gasteiger partial charge in [-0.2, -0.15) is 13.2 Å². The third-order valence-electron chi connectivity index (χ3n) is 4.45. The Morgan fingerprint density at radius 1 is 1.07 bits per heavy atom. The molecule has 3 aromatic rings. The molecule has 0 aliphatic carbocycles. The van der Waals surface area contributed by atoms with E-state index >= 15 is 0 Å². The van der Waals surface area contributed by atoms with E-state index in [-0.39, 0.29) is 5.56 Å². The number of aryl methyl sites for hydroxylation is 2. The van der Waals surface area contributed by atoms with Crippen molar-refractivity contribution in [2.24, 2.45) is 0 Å². The fourth-order valence-electron chi connectivity index (χ4n) is 3.11. The molecule has 0 amide bonds. The molecule has 1 heterocycles. The molecule has 3 rings (SSSR count). The molecule has 0 fully saturated rings. The molecular formula is C21H18F3NO2. The van der Waals surface area contributed by atoms with Gasteiger partial charge >= 0.3 is 12.1 Å². The van der Waals surface area contributed by atoms with Gasteiger partial charge in [0.2, 0.25) is 0 Å². The third-order valence-corrected chi connectivity index (χ3v) is 4.45. The molecule has 0 saturated heterocycles. The number of aromatic nitrogens is 1. The maximum atomic E-state index is 13.1. The topological polar surface area (TPSA) is 39.2 Å². The number of esters is 1. The number of carbonyl (C=O) groups excluding carboxylic acids is 1. The molecule has 0 radical (unpaired) electrons. The van der Waals surface area contributed by atoms with Gasteiger partial charge in [0.05, 0.1) is 22.3 Å². The maximum Gasteiger partial charge on any atom is 0.416 e. The summed E-state index contributed by atoms with van der Waals surface area (Å²) in [6, 6.07) is 12.5. The average Bonchev–Trinajstić information content (AvgIpc) is 2.65. The summed E-state index contributed by atoms with van der Waals surface area (Å²) in [7, 11) is 0. The molecule has 2 aromatic carbocycles. The molecule has 3 nitrogen and oxygen atoms in total. The number of alkyl halides is 3. The van der Waals surface area contributed by atoms with Crippen LogP contribution >= 0.6 is 0 Å². The van der Waals surface area contributed by atoms with Gasteiger partial charge in [-0.3, -0.25) is 4.98 Å². The number of hydrogen-bond acceptors (Lipinski definition) is 3. The predicted octanol–water partition coefficient (Wildman–Crippen LogP) is 5.48. The van der Waals surface area contributed by atoms with E-state index in [0.29, 0.717) is 23.2 Å². The molecule has 0 bridgehead atoms. The van der Waals surface area contributed by atoms with E-state index in [1.165, 1.54) is 18.2 Å². The first-order valence-corrected chi connectivity index (χ1v) is 8.53. The number of halogens is 3. The van der Waals surface area contributed by atoms with Crippen molar-refractivity contribution in [1.29, 1.82) is 0 Å². The highest BCUT2D eigenvalue weighted by Gasteiger charge is 2.33. The second kappa shape index (κ2) is 7.39. The first kappa shape index (κ1) is 18.9. The first-order chi connectivity index (χ1) is 12.8. The minimum Gasteiger partial charge on any atom is -0.457 e. The smallest absolute Gasteiger partial charge is 0.416 e. The van der Waals surface area contributed by atoms with Crippen LogP contribution in [0, 0.1) is 6.92 Å². The van der Waals surface area contributed by atoms with Gasteiger partial charge in [0.15, 0.2) is 0 Å². The Bertz CT molecular complexity index is 996. The van der Waals surface area contributed by atoms with E-state index in [1.54, 1.807) is 6.92 Å². The lowest BCUT2D eigenvalue weighted by molar-refractivity contribution is -0.138. The molecule has 0 aliphatic rings. The quantitative estimate of drug-likeness (QED) is 0.569. The van der Waals surface area contributed by atoms with Gasteiger partial charge in [0.1, 0.15) is 6.61 Å². The Morgan fingerprint density at radius 3 is 2.44 bits per heavy atom. The van der Waals surface area contributed by atoms with Crippen LogP contribution in [0.2, 0.25) is 0 Å². The standard InChI is InChI=1S/C21H18F3NO2/c1-3-17-19(13(2)15-9-5-7-11-18(15)25-17)20(26)27-12-14-8-4-6-10-16(14)21(22,23)24/h4-11H,3,12H2,1-2H3. The van der Waals surface area contributed by atoms with Crippen LogP contribution in [0.15, 0.2) is 48.5 Å². The predicted molar refractivity (Wildman–Crippen MR) is 96.4 cm³/mol. The monoisotopic (exact) mass is 373 g/mol. The molecule has 1 aromatic heterocycles. The van der Waals surface area contributed by atoms with E-state index in [1.807, 2.05) is 31.2 Å². The second-order valence-corrected chi connectivity index (χ2v) is 6.16. The number of fused-ring (bicyclic) bond motifs is 1. The van der Waals surface area contributed by atoms with Crippen LogP contribution in [-0.2, 0) is 23.9 Å². The van der Waals surface area contributed by atoms with Crippen molar-refractivity contribution in [2.45, 2.75) is 33.1 Å². The number of rotatable bonds is 4. The summed E-state index contributed by atoms with van der Waals surface area (Å²) in [5, 5.41) is 0.817. The maximum absolute atomic E-state index is 13.1. The lowest BCUT2D eigenvalue weighted by Gasteiger charge is -2.15. The molecule has 0 unspecified atom stereocenters. The lowest BCUT2D eigenvalue weighted by Crippen LogP contribution is -2.15. The van der Waals surface area contributed by atoms with Crippen molar-refractivity contribution in [3.63, 3.8) is 0 Å². The molecule has 0 spiro atoms. The van der Waals surface area contributed by atoms with Crippen molar-refractivity contribution >= 4 is 16.9 Å². The van der Waals surface area contributed by atoms with Gasteiger partial charge in [0.25, 0.3) is 0 Å². The molecule has 0 aliphatic heterocycles. The van der Waals surface area contributed by atoms with Crippen molar-refractivity contribution in [3.05, 3.63) is 76.5 Å². The summed E-state index contributed by atoms with van der Waals surface area (Å²) in [6.07, 6.45) is -3.99. The van der Waals surface area contributed by atoms with E-state index in [9.17, 15) is 18.0 Å². The van der Waals surface area contributed by atoms with E-state index in [4.69, 9.17) is 4.74 Å². The van der Waals surface area contributed by atoms with E-state index < -0.39 is 24.3 Å². The zero-order valence-corrected chi connectivity index (χ0v) is 14.9. The molecule has 27 heavy (non-hydrogen) atoms. The molecule has 0 saturated carbocycles. The number of carbonyl (C=O) groups is 1. The van der Waals surface area contributed by atoms with Gasteiger partial charge < -0.3 is 4.74 Å². The van der Waals surface area contributed by atoms with Gasteiger partial charge in [-0.1, -0.05) is 43.3 Å². The summed E-state index contributed by atoms with van der Waals surface area (Å²) in [5.74, 6) is -0.667. The number of benzene rings is 2. The minimum atomic E-state index is -4.50. The van der Waals surface area contributed by atoms with Crippen LogP contribution in [0.25, 0.3) is 10.9 Å². The SMILES string of the molecule is CCc1nc2ccccc2c(C)c1C(=O)OCc1ccccc1C(F)(F)F. The van der Waals surface area contributed by atoms with Gasteiger partial charge in [-0.15, -0.1) is 0 Å². The lowest BCUT2D eigenvalue weighted by atomic mass is 10.0. The normalized spacial score (nSPS) is 11.6. The number of hydrogen-bond donors (Lipinski definition) is 0. The zero-order chi connectivity index (χ0) is 19.6. The van der Waals surface area contributed by atoms with Gasteiger partial charge in [-0.05, 0) is 31.0 Å². The van der Waals surface area contributed by atoms with Crippen molar-refractivity contribution in [1.82, 2.24) is 4.98 Å². The highest BCUT2D eigenvalue weighted by molar-refractivity contribution is 5.98. The third kappa shape index (κ3) is 3.79. The zero-order valence-electron chi connectivity index (χ0n) is 14.9. The molecule has 6 heteroatoms. The fraction of sp³-hybridized carbons (Fsp3) is 0.238. The van der Waals surface area contributed by atoms with E-state index in [2.05, 4.69) is 4.98 Å². The van der Waals surface area contributed by atoms with Gasteiger partial charge in [-0.25, -0.2) is 4.79 Å². The number of ether oxygens (including phenoxy) is 1. The van der Waals surface area contributed by atoms with Gasteiger partial charge in [0, 0.05) is 10.9 Å². The fourth-order valence-corrected chi connectivity index (χ4v) is 3.11. The Kier molecular flexibility index (Phi) is 5.17. The number of nitrogens with zero attached hydrogens (tertiary/aromatic N) is 1. The highest BCUT2D eigenvalue weighted by atomic mass is 19.4.